The van der Waals surface area contributed by atoms with Gasteiger partial charge in [-0.15, -0.1) is 0 Å². The lowest BCUT2D eigenvalue weighted by molar-refractivity contribution is -0.160. The highest BCUT2D eigenvalue weighted by molar-refractivity contribution is 5.94. The van der Waals surface area contributed by atoms with Gasteiger partial charge in [0.25, 0.3) is 0 Å². The highest BCUT2D eigenvalue weighted by atomic mass is 16.6. The second-order valence-corrected chi connectivity index (χ2v) is 10.1. The molecular weight excluding hydrogens is 388 g/mol. The summed E-state index contributed by atoms with van der Waals surface area (Å²) in [5.41, 5.74) is 1.76. The summed E-state index contributed by atoms with van der Waals surface area (Å²) in [6.45, 7) is 9.59. The number of fused-ring (bicyclic) bond motifs is 1. The van der Waals surface area contributed by atoms with Crippen LogP contribution < -0.4 is 4.90 Å². The molecule has 5 nitrogen and oxygen atoms in total. The number of ether oxygens (including phenoxy) is 1. The standard InChI is InChI=1S/C26H40N2O3/c1-26(2,3)31-25(30)22-13-10-12-21-11-6-7-14-23(21)28(24(29)16-15-22)20-19-27-17-8-4-5-9-18-27/h6-7,11,14,22H,4-5,8-10,12-13,15-20H2,1-3H3. The lowest BCUT2D eigenvalue weighted by atomic mass is 9.92. The number of benzene rings is 1. The number of carbonyl (C=O) groups is 2. The van der Waals surface area contributed by atoms with E-state index >= 15 is 0 Å². The summed E-state index contributed by atoms with van der Waals surface area (Å²) in [6, 6.07) is 8.29. The molecule has 0 saturated carbocycles. The molecule has 1 atom stereocenters. The van der Waals surface area contributed by atoms with E-state index < -0.39 is 5.60 Å². The Labute approximate surface area is 188 Å². The van der Waals surface area contributed by atoms with Crippen LogP contribution >= 0.6 is 0 Å². The van der Waals surface area contributed by atoms with Crippen molar-refractivity contribution in [3.05, 3.63) is 29.8 Å². The fourth-order valence-corrected chi connectivity index (χ4v) is 4.70. The Balaban J connectivity index is 1.74. The number of rotatable bonds is 4. The number of carbonyl (C=O) groups excluding carboxylic acids is 2. The second kappa shape index (κ2) is 11.1. The van der Waals surface area contributed by atoms with Crippen LogP contribution in [0.15, 0.2) is 24.3 Å². The monoisotopic (exact) mass is 428 g/mol. The Bertz CT molecular complexity index is 732. The number of aryl methyl sites for hydroxylation is 1. The van der Waals surface area contributed by atoms with Gasteiger partial charge in [-0.3, -0.25) is 9.59 Å². The van der Waals surface area contributed by atoms with E-state index in [0.717, 1.165) is 44.6 Å². The fraction of sp³-hybridized carbons (Fsp3) is 0.692. The highest BCUT2D eigenvalue weighted by Crippen LogP contribution is 2.28. The third-order valence-corrected chi connectivity index (χ3v) is 6.37. The molecule has 1 amide bonds. The zero-order valence-corrected chi connectivity index (χ0v) is 19.7. The summed E-state index contributed by atoms with van der Waals surface area (Å²) in [5.74, 6) is -0.246. The first-order valence-electron chi connectivity index (χ1n) is 12.2. The van der Waals surface area contributed by atoms with Crippen molar-refractivity contribution in [2.45, 2.75) is 84.2 Å². The molecule has 2 heterocycles. The van der Waals surface area contributed by atoms with E-state index in [2.05, 4.69) is 17.0 Å². The molecule has 172 valence electrons. The molecule has 31 heavy (non-hydrogen) atoms. The molecule has 3 rings (SSSR count). The van der Waals surface area contributed by atoms with Gasteiger partial charge in [0.05, 0.1) is 5.92 Å². The number of likely N-dealkylation sites (tertiary alicyclic amines) is 1. The fourth-order valence-electron chi connectivity index (χ4n) is 4.70. The molecule has 0 N–H and O–H groups in total. The Morgan fingerprint density at radius 1 is 0.968 bits per heavy atom. The number of amides is 1. The second-order valence-electron chi connectivity index (χ2n) is 10.1. The quantitative estimate of drug-likeness (QED) is 0.635. The Kier molecular flexibility index (Phi) is 8.53. The maximum Gasteiger partial charge on any atom is 0.309 e. The third kappa shape index (κ3) is 7.34. The summed E-state index contributed by atoms with van der Waals surface area (Å²) >= 11 is 0. The van der Waals surface area contributed by atoms with E-state index in [0.29, 0.717) is 19.4 Å². The Morgan fingerprint density at radius 2 is 1.68 bits per heavy atom. The summed E-state index contributed by atoms with van der Waals surface area (Å²) in [6.07, 6.45) is 8.66. The number of esters is 1. The van der Waals surface area contributed by atoms with Crippen molar-refractivity contribution in [2.24, 2.45) is 5.92 Å². The number of nitrogens with zero attached hydrogens (tertiary/aromatic N) is 2. The van der Waals surface area contributed by atoms with Gasteiger partial charge in [-0.1, -0.05) is 31.0 Å². The molecule has 5 heteroatoms. The average molecular weight is 429 g/mol. The maximum absolute atomic E-state index is 13.3. The molecule has 1 saturated heterocycles. The van der Waals surface area contributed by atoms with Gasteiger partial charge >= 0.3 is 5.97 Å². The van der Waals surface area contributed by atoms with Crippen LogP contribution in [-0.2, 0) is 20.7 Å². The minimum Gasteiger partial charge on any atom is -0.460 e. The van der Waals surface area contributed by atoms with Crippen LogP contribution in [0.5, 0.6) is 0 Å². The minimum atomic E-state index is -0.498. The molecule has 2 aliphatic rings. The van der Waals surface area contributed by atoms with Crippen LogP contribution in [0.2, 0.25) is 0 Å². The van der Waals surface area contributed by atoms with Crippen LogP contribution in [0.4, 0.5) is 5.69 Å². The van der Waals surface area contributed by atoms with Crippen molar-refractivity contribution in [2.75, 3.05) is 31.1 Å². The first kappa shape index (κ1) is 23.8. The Hall–Kier alpha value is -1.88. The molecule has 0 aromatic heterocycles. The van der Waals surface area contributed by atoms with E-state index in [4.69, 9.17) is 4.74 Å². The number of para-hydroxylation sites is 1. The van der Waals surface area contributed by atoms with Gasteiger partial charge in [0.2, 0.25) is 5.91 Å². The van der Waals surface area contributed by atoms with Gasteiger partial charge in [0.1, 0.15) is 5.60 Å². The molecule has 1 fully saturated rings. The van der Waals surface area contributed by atoms with Gasteiger partial charge < -0.3 is 14.5 Å². The molecule has 1 unspecified atom stereocenters. The van der Waals surface area contributed by atoms with Crippen molar-refractivity contribution in [1.29, 1.82) is 0 Å². The molecule has 2 aliphatic heterocycles. The lowest BCUT2D eigenvalue weighted by Crippen LogP contribution is -2.40. The number of hydrogen-bond donors (Lipinski definition) is 0. The predicted octanol–water partition coefficient (Wildman–Crippen LogP) is 4.97. The molecule has 1 aromatic rings. The highest BCUT2D eigenvalue weighted by Gasteiger charge is 2.28. The average Bonchev–Trinajstić information content (AvgIpc) is 2.99. The first-order chi connectivity index (χ1) is 14.8. The van der Waals surface area contributed by atoms with Crippen LogP contribution in [0.25, 0.3) is 0 Å². The smallest absolute Gasteiger partial charge is 0.309 e. The summed E-state index contributed by atoms with van der Waals surface area (Å²) < 4.78 is 5.65. The van der Waals surface area contributed by atoms with Gasteiger partial charge in [-0.2, -0.15) is 0 Å². The van der Waals surface area contributed by atoms with E-state index in [1.54, 1.807) is 0 Å². The lowest BCUT2D eigenvalue weighted by Gasteiger charge is -2.30. The summed E-state index contributed by atoms with van der Waals surface area (Å²) in [5, 5.41) is 0. The van der Waals surface area contributed by atoms with Gasteiger partial charge in [-0.25, -0.2) is 0 Å². The normalized spacial score (nSPS) is 21.8. The molecule has 0 spiro atoms. The summed E-state index contributed by atoms with van der Waals surface area (Å²) in [7, 11) is 0. The molecule has 0 radical (unpaired) electrons. The van der Waals surface area contributed by atoms with Crippen molar-refractivity contribution in [1.82, 2.24) is 4.90 Å². The van der Waals surface area contributed by atoms with E-state index in [1.165, 1.54) is 31.2 Å². The van der Waals surface area contributed by atoms with Crippen molar-refractivity contribution < 1.29 is 14.3 Å². The predicted molar refractivity (Wildman–Crippen MR) is 125 cm³/mol. The van der Waals surface area contributed by atoms with Gasteiger partial charge in [0.15, 0.2) is 0 Å². The third-order valence-electron chi connectivity index (χ3n) is 6.37. The first-order valence-corrected chi connectivity index (χ1v) is 12.2. The zero-order chi connectivity index (χ0) is 22.3. The molecular formula is C26H40N2O3. The van der Waals surface area contributed by atoms with Crippen LogP contribution in [0.1, 0.15) is 77.7 Å². The SMILES string of the molecule is CC(C)(C)OC(=O)C1CCCc2ccccc2N(CCN2CCCCCC2)C(=O)CC1. The van der Waals surface area contributed by atoms with Crippen molar-refractivity contribution >= 4 is 17.6 Å². The van der Waals surface area contributed by atoms with E-state index in [9.17, 15) is 9.59 Å². The van der Waals surface area contributed by atoms with Gasteiger partial charge in [0, 0.05) is 25.2 Å². The van der Waals surface area contributed by atoms with Crippen LogP contribution in [-0.4, -0.2) is 48.6 Å². The zero-order valence-electron chi connectivity index (χ0n) is 19.7. The molecule has 0 aliphatic carbocycles. The number of anilines is 1. The minimum absolute atomic E-state index is 0.123. The molecule has 1 aromatic carbocycles. The van der Waals surface area contributed by atoms with Crippen molar-refractivity contribution in [3.63, 3.8) is 0 Å². The largest absolute Gasteiger partial charge is 0.460 e. The van der Waals surface area contributed by atoms with Crippen LogP contribution in [0, 0.1) is 5.92 Å². The van der Waals surface area contributed by atoms with E-state index in [1.807, 2.05) is 37.8 Å². The van der Waals surface area contributed by atoms with Gasteiger partial charge in [-0.05, 0) is 84.0 Å². The topological polar surface area (TPSA) is 49.9 Å². The summed E-state index contributed by atoms with van der Waals surface area (Å²) in [4.78, 5) is 30.6. The van der Waals surface area contributed by atoms with Crippen LogP contribution in [0.3, 0.4) is 0 Å². The van der Waals surface area contributed by atoms with E-state index in [-0.39, 0.29) is 17.8 Å². The maximum atomic E-state index is 13.3. The molecule has 0 bridgehead atoms. The van der Waals surface area contributed by atoms with Crippen molar-refractivity contribution in [3.8, 4) is 0 Å². The Morgan fingerprint density at radius 3 is 2.39 bits per heavy atom. The number of hydrogen-bond acceptors (Lipinski definition) is 4.